The summed E-state index contributed by atoms with van der Waals surface area (Å²) in [4.78, 5) is 16.4. The summed E-state index contributed by atoms with van der Waals surface area (Å²) in [5.41, 5.74) is 7.73. The number of nitriles is 1. The van der Waals surface area contributed by atoms with Gasteiger partial charge in [-0.2, -0.15) is 5.26 Å². The first-order valence-corrected chi connectivity index (χ1v) is 13.9. The van der Waals surface area contributed by atoms with Crippen LogP contribution in [0.5, 0.6) is 0 Å². The second-order valence-electron chi connectivity index (χ2n) is 10.6. The summed E-state index contributed by atoms with van der Waals surface area (Å²) in [7, 11) is 2.04. The van der Waals surface area contributed by atoms with E-state index in [4.69, 9.17) is 5.73 Å². The van der Waals surface area contributed by atoms with Crippen molar-refractivity contribution >= 4 is 12.1 Å². The Kier molecular flexibility index (Phi) is 11.0. The first kappa shape index (κ1) is 27.6. The third-order valence-electron chi connectivity index (χ3n) is 7.88. The van der Waals surface area contributed by atoms with Crippen LogP contribution in [-0.2, 0) is 4.79 Å². The molecule has 2 fully saturated rings. The van der Waals surface area contributed by atoms with Crippen molar-refractivity contribution in [3.63, 3.8) is 0 Å². The highest BCUT2D eigenvalue weighted by Crippen LogP contribution is 2.24. The molecule has 3 aliphatic heterocycles. The maximum Gasteiger partial charge on any atom is 0.234 e. The predicted octanol–water partition coefficient (Wildman–Crippen LogP) is 1.92. The number of nitrogens with zero attached hydrogens (tertiary/aromatic N) is 3. The summed E-state index contributed by atoms with van der Waals surface area (Å²) in [5, 5.41) is 19.6. The van der Waals surface area contributed by atoms with E-state index in [1.165, 1.54) is 12.8 Å². The molecule has 8 nitrogen and oxygen atoms in total. The highest BCUT2D eigenvalue weighted by Gasteiger charge is 2.43. The molecule has 0 saturated carbocycles. The van der Waals surface area contributed by atoms with Gasteiger partial charge in [-0.15, -0.1) is 0 Å². The van der Waals surface area contributed by atoms with Gasteiger partial charge >= 0.3 is 0 Å². The van der Waals surface area contributed by atoms with Crippen LogP contribution in [0.1, 0.15) is 71.6 Å². The van der Waals surface area contributed by atoms with E-state index in [1.54, 1.807) is 0 Å². The van der Waals surface area contributed by atoms with Crippen LogP contribution in [0.15, 0.2) is 11.8 Å². The number of carbonyl (C=O) groups is 1. The average molecular weight is 487 g/mol. The van der Waals surface area contributed by atoms with Crippen LogP contribution in [0.2, 0.25) is 0 Å². The van der Waals surface area contributed by atoms with Crippen LogP contribution >= 0.6 is 0 Å². The van der Waals surface area contributed by atoms with E-state index in [2.05, 4.69) is 57.6 Å². The van der Waals surface area contributed by atoms with Crippen LogP contribution in [0.25, 0.3) is 0 Å². The van der Waals surface area contributed by atoms with E-state index in [0.717, 1.165) is 70.4 Å². The molecule has 0 aliphatic carbocycles. The Morgan fingerprint density at radius 3 is 2.83 bits per heavy atom. The third kappa shape index (κ3) is 7.52. The fourth-order valence-corrected chi connectivity index (χ4v) is 6.01. The normalized spacial score (nSPS) is 30.8. The van der Waals surface area contributed by atoms with Gasteiger partial charge in [0, 0.05) is 36.7 Å². The van der Waals surface area contributed by atoms with Gasteiger partial charge in [0.15, 0.2) is 6.04 Å². The monoisotopic (exact) mass is 486 g/mol. The number of rotatable bonds is 11. The largest absolute Gasteiger partial charge is 0.372 e. The molecule has 3 heterocycles. The zero-order valence-corrected chi connectivity index (χ0v) is 22.1. The molecule has 196 valence electrons. The number of nitrogens with one attached hydrogen (secondary N) is 3. The zero-order valence-electron chi connectivity index (χ0n) is 22.1. The zero-order chi connectivity index (χ0) is 25.2. The minimum Gasteiger partial charge on any atom is -0.372 e. The molecule has 6 atom stereocenters. The number of allylic oxidation sites excluding steroid dienone is 1. The van der Waals surface area contributed by atoms with Gasteiger partial charge in [0.1, 0.15) is 19.2 Å². The van der Waals surface area contributed by atoms with Gasteiger partial charge in [-0.05, 0) is 51.7 Å². The minimum atomic E-state index is -0.450. The van der Waals surface area contributed by atoms with Gasteiger partial charge < -0.3 is 21.7 Å². The van der Waals surface area contributed by atoms with Crippen molar-refractivity contribution in [2.24, 2.45) is 17.6 Å². The van der Waals surface area contributed by atoms with Crippen LogP contribution < -0.4 is 21.7 Å². The Hall–Kier alpha value is -1.95. The van der Waals surface area contributed by atoms with Gasteiger partial charge in [0.05, 0.1) is 18.3 Å². The summed E-state index contributed by atoms with van der Waals surface area (Å²) in [6.45, 7) is 8.38. The number of hydrogen-bond acceptors (Lipinski definition) is 6. The second kappa shape index (κ2) is 14.0. The van der Waals surface area contributed by atoms with Crippen molar-refractivity contribution < 1.29 is 9.37 Å². The Balaban J connectivity index is 1.81. The Bertz CT molecular complexity index is 783. The summed E-state index contributed by atoms with van der Waals surface area (Å²) >= 11 is 0. The maximum atomic E-state index is 13.8. The van der Waals surface area contributed by atoms with Crippen LogP contribution in [0.4, 0.5) is 0 Å². The smallest absolute Gasteiger partial charge is 0.234 e. The molecule has 0 radical (unpaired) electrons. The number of likely N-dealkylation sites (tertiary alicyclic amines) is 1. The number of nitrogens with two attached hydrogens (primary N) is 1. The van der Waals surface area contributed by atoms with Crippen molar-refractivity contribution in [1.29, 1.82) is 5.26 Å². The standard InChI is InChI=1S/C27H47N7O/c1-4-6-10-20(11-13-28)19-33(3)24-17-21(9-5-2)31-26(29)25(24)27(35)32-22-18-30-14-12-23(22)34-15-7-8-16-34/h17,19-20,22-26,30-31H,4-12,14-16,18,29H2,1-3H3/p+1. The van der Waals surface area contributed by atoms with Crippen molar-refractivity contribution in [2.75, 3.05) is 33.2 Å². The molecule has 0 aromatic rings. The molecule has 6 unspecified atom stereocenters. The number of amides is 1. The van der Waals surface area contributed by atoms with E-state index in [0.29, 0.717) is 12.5 Å². The van der Waals surface area contributed by atoms with Crippen molar-refractivity contribution in [1.82, 2.24) is 20.9 Å². The topological polar surface area (TPSA) is 109 Å². The first-order chi connectivity index (χ1) is 17.0. The summed E-state index contributed by atoms with van der Waals surface area (Å²) < 4.78 is 2.15. The molecule has 35 heavy (non-hydrogen) atoms. The highest BCUT2D eigenvalue weighted by atomic mass is 16.2. The molecule has 3 aliphatic rings. The molecule has 5 N–H and O–H groups in total. The number of likely N-dealkylation sites (N-methyl/N-ethyl adjacent to an activating group) is 1. The fraction of sp³-hybridized carbons (Fsp3) is 0.815. The Labute approximate surface area is 212 Å². The van der Waals surface area contributed by atoms with Gasteiger partial charge in [0.2, 0.25) is 5.91 Å². The number of carbonyl (C=O) groups excluding carboxylic acids is 1. The number of piperidine rings is 1. The molecule has 1 amide bonds. The molecule has 0 aromatic carbocycles. The maximum absolute atomic E-state index is 13.8. The lowest BCUT2D eigenvalue weighted by molar-refractivity contribution is -0.531. The second-order valence-corrected chi connectivity index (χ2v) is 10.6. The van der Waals surface area contributed by atoms with Crippen molar-refractivity contribution in [2.45, 2.75) is 95.9 Å². The molecule has 8 heteroatoms. The average Bonchev–Trinajstić information content (AvgIpc) is 3.37. The SMILES string of the molecule is CCCCC(C=[N+](C)C1C=C(CCC)NC(N)C1C(=O)NC1CNCCC1N1CCCC1)CC#N. The molecule has 0 spiro atoms. The lowest BCUT2D eigenvalue weighted by atomic mass is 9.88. The molecule has 2 saturated heterocycles. The van der Waals surface area contributed by atoms with Crippen LogP contribution in [0.3, 0.4) is 0 Å². The van der Waals surface area contributed by atoms with Crippen molar-refractivity contribution in [3.05, 3.63) is 11.8 Å². The van der Waals surface area contributed by atoms with Gasteiger partial charge in [0.25, 0.3) is 0 Å². The van der Waals surface area contributed by atoms with Gasteiger partial charge in [-0.3, -0.25) is 9.69 Å². The fourth-order valence-electron chi connectivity index (χ4n) is 6.01. The van der Waals surface area contributed by atoms with Crippen LogP contribution in [0, 0.1) is 23.2 Å². The Morgan fingerprint density at radius 2 is 2.14 bits per heavy atom. The summed E-state index contributed by atoms with van der Waals surface area (Å²) in [6.07, 6.45) is 13.1. The number of hydrogen-bond donors (Lipinski definition) is 4. The summed E-state index contributed by atoms with van der Waals surface area (Å²) in [5.74, 6) is -0.206. The van der Waals surface area contributed by atoms with E-state index in [1.807, 2.05) is 7.05 Å². The first-order valence-electron chi connectivity index (χ1n) is 13.9. The van der Waals surface area contributed by atoms with E-state index >= 15 is 0 Å². The van der Waals surface area contributed by atoms with Crippen LogP contribution in [-0.4, -0.2) is 79.1 Å². The minimum absolute atomic E-state index is 0.0188. The predicted molar refractivity (Wildman–Crippen MR) is 141 cm³/mol. The van der Waals surface area contributed by atoms with Gasteiger partial charge in [-0.1, -0.05) is 33.1 Å². The molecule has 0 bridgehead atoms. The van der Waals surface area contributed by atoms with E-state index in [-0.39, 0.29) is 23.9 Å². The Morgan fingerprint density at radius 1 is 1.37 bits per heavy atom. The summed E-state index contributed by atoms with van der Waals surface area (Å²) in [6, 6.07) is 2.68. The van der Waals surface area contributed by atoms with E-state index < -0.39 is 12.1 Å². The number of unbranched alkanes of at least 4 members (excludes halogenated alkanes) is 1. The molecular formula is C27H48N7O+. The molecule has 0 aromatic heterocycles. The third-order valence-corrected chi connectivity index (χ3v) is 7.88. The quantitative estimate of drug-likeness (QED) is 0.262. The highest BCUT2D eigenvalue weighted by molar-refractivity contribution is 5.81. The lowest BCUT2D eigenvalue weighted by Gasteiger charge is -2.40. The molecule has 3 rings (SSSR count). The lowest BCUT2D eigenvalue weighted by Crippen LogP contribution is -2.64. The van der Waals surface area contributed by atoms with Crippen molar-refractivity contribution in [3.8, 4) is 6.07 Å². The molecular weight excluding hydrogens is 438 g/mol. The van der Waals surface area contributed by atoms with Gasteiger partial charge in [-0.25, -0.2) is 4.58 Å². The van der Waals surface area contributed by atoms with E-state index in [9.17, 15) is 10.1 Å².